The summed E-state index contributed by atoms with van der Waals surface area (Å²) in [6.07, 6.45) is 3.95. The molecule has 0 N–H and O–H groups in total. The summed E-state index contributed by atoms with van der Waals surface area (Å²) >= 11 is 0. The highest BCUT2D eigenvalue weighted by atomic mass is 16.5. The van der Waals surface area contributed by atoms with E-state index in [4.69, 9.17) is 14.5 Å². The molecule has 0 aliphatic heterocycles. The van der Waals surface area contributed by atoms with E-state index in [2.05, 4.69) is 94.5 Å². The van der Waals surface area contributed by atoms with E-state index in [0.29, 0.717) is 30.2 Å². The molecule has 0 bridgehead atoms. The van der Waals surface area contributed by atoms with Gasteiger partial charge in [-0.15, -0.1) is 0 Å². The Morgan fingerprint density at radius 1 is 0.745 bits per heavy atom. The summed E-state index contributed by atoms with van der Waals surface area (Å²) in [4.78, 5) is 7.21. The second kappa shape index (κ2) is 14.1. The van der Waals surface area contributed by atoms with E-state index >= 15 is 0 Å². The van der Waals surface area contributed by atoms with Gasteiger partial charge in [0.25, 0.3) is 0 Å². The van der Waals surface area contributed by atoms with Crippen molar-refractivity contribution in [1.29, 1.82) is 5.26 Å². The molecule has 0 atom stereocenters. The van der Waals surface area contributed by atoms with Crippen molar-refractivity contribution >= 4 is 11.4 Å². The zero-order valence-electron chi connectivity index (χ0n) is 27.0. The van der Waals surface area contributed by atoms with E-state index in [0.717, 1.165) is 33.9 Å². The molecule has 0 radical (unpaired) electrons. The largest absolute Gasteiger partial charge is 0.490 e. The van der Waals surface area contributed by atoms with Crippen LogP contribution in [-0.2, 0) is 12.1 Å². The molecule has 0 amide bonds. The van der Waals surface area contributed by atoms with E-state index in [9.17, 15) is 5.26 Å². The van der Waals surface area contributed by atoms with Gasteiger partial charge in [-0.1, -0.05) is 91.0 Å². The number of imidazole rings is 1. The molecule has 0 aliphatic rings. The maximum atomic E-state index is 9.53. The van der Waals surface area contributed by atoms with Crippen molar-refractivity contribution < 1.29 is 9.47 Å². The zero-order chi connectivity index (χ0) is 32.6. The van der Waals surface area contributed by atoms with Crippen LogP contribution in [0.4, 0.5) is 11.4 Å². The first kappa shape index (κ1) is 31.2. The SMILES string of the molecule is CCOc1cc(N(Cc2nccn2C(c2ccccc2)(c2ccccc2)c2ccccc2)c2ccc(C#N)cc2)ccc1OC(C)C. The lowest BCUT2D eigenvalue weighted by Crippen LogP contribution is -2.39. The Morgan fingerprint density at radius 2 is 1.30 bits per heavy atom. The lowest BCUT2D eigenvalue weighted by atomic mass is 9.76. The molecule has 0 saturated carbocycles. The van der Waals surface area contributed by atoms with Gasteiger partial charge in [0.1, 0.15) is 11.4 Å². The molecule has 5 aromatic carbocycles. The standard InChI is InChI=1S/C41H38N4O2/c1-4-46-39-28-37(24-25-38(39)47-31(2)3)44(36-22-20-32(29-42)21-23-36)30-40-43-26-27-45(40)41(33-14-8-5-9-15-33,34-16-10-6-11-17-34)35-18-12-7-13-19-35/h5-28,31H,4,30H2,1-3H3. The quantitative estimate of drug-likeness (QED) is 0.128. The Bertz CT molecular complexity index is 1830. The van der Waals surface area contributed by atoms with Gasteiger partial charge >= 0.3 is 0 Å². The maximum absolute atomic E-state index is 9.53. The van der Waals surface area contributed by atoms with Gasteiger partial charge in [-0.2, -0.15) is 5.26 Å². The fourth-order valence-corrected chi connectivity index (χ4v) is 6.19. The molecular weight excluding hydrogens is 580 g/mol. The lowest BCUT2D eigenvalue weighted by Gasteiger charge is -2.39. The van der Waals surface area contributed by atoms with Gasteiger partial charge in [-0.05, 0) is 73.9 Å². The molecule has 1 aromatic heterocycles. The van der Waals surface area contributed by atoms with Crippen LogP contribution in [0.25, 0.3) is 0 Å². The number of hydrogen-bond acceptors (Lipinski definition) is 5. The molecule has 0 aliphatic carbocycles. The van der Waals surface area contributed by atoms with Crippen molar-refractivity contribution in [3.63, 3.8) is 0 Å². The van der Waals surface area contributed by atoms with Crippen molar-refractivity contribution in [2.24, 2.45) is 0 Å². The van der Waals surface area contributed by atoms with E-state index in [1.165, 1.54) is 0 Å². The van der Waals surface area contributed by atoms with Gasteiger partial charge in [0.15, 0.2) is 11.5 Å². The first-order chi connectivity index (χ1) is 23.0. The smallest absolute Gasteiger partial charge is 0.163 e. The second-order valence-corrected chi connectivity index (χ2v) is 11.5. The third-order valence-corrected chi connectivity index (χ3v) is 8.16. The summed E-state index contributed by atoms with van der Waals surface area (Å²) in [5, 5.41) is 9.53. The number of hydrogen-bond donors (Lipinski definition) is 0. The van der Waals surface area contributed by atoms with E-state index in [1.807, 2.05) is 87.6 Å². The first-order valence-electron chi connectivity index (χ1n) is 15.9. The van der Waals surface area contributed by atoms with Crippen LogP contribution < -0.4 is 14.4 Å². The summed E-state index contributed by atoms with van der Waals surface area (Å²) in [6.45, 7) is 6.92. The molecule has 234 valence electrons. The topological polar surface area (TPSA) is 63.3 Å². The summed E-state index contributed by atoms with van der Waals surface area (Å²) in [7, 11) is 0. The van der Waals surface area contributed by atoms with Crippen LogP contribution in [0.3, 0.4) is 0 Å². The van der Waals surface area contributed by atoms with Gasteiger partial charge in [-0.3, -0.25) is 0 Å². The van der Waals surface area contributed by atoms with Gasteiger partial charge in [0.2, 0.25) is 0 Å². The maximum Gasteiger partial charge on any atom is 0.163 e. The average molecular weight is 619 g/mol. The molecule has 0 saturated heterocycles. The van der Waals surface area contributed by atoms with Crippen LogP contribution in [0.2, 0.25) is 0 Å². The number of anilines is 2. The number of benzene rings is 5. The molecule has 0 spiro atoms. The highest BCUT2D eigenvalue weighted by Gasteiger charge is 2.40. The molecular formula is C41H38N4O2. The number of aromatic nitrogens is 2. The Balaban J connectivity index is 1.55. The van der Waals surface area contributed by atoms with Crippen LogP contribution in [-0.4, -0.2) is 22.3 Å². The Hall–Kier alpha value is -5.80. The fraction of sp³-hybridized carbons (Fsp3) is 0.171. The molecule has 6 nitrogen and oxygen atoms in total. The Morgan fingerprint density at radius 3 is 1.81 bits per heavy atom. The molecule has 47 heavy (non-hydrogen) atoms. The normalized spacial score (nSPS) is 11.2. The van der Waals surface area contributed by atoms with Crippen LogP contribution >= 0.6 is 0 Å². The minimum atomic E-state index is -0.711. The van der Waals surface area contributed by atoms with Gasteiger partial charge in [0, 0.05) is 29.8 Å². The van der Waals surface area contributed by atoms with Crippen LogP contribution in [0, 0.1) is 11.3 Å². The number of nitrogens with zero attached hydrogens (tertiary/aromatic N) is 4. The Labute approximate surface area is 277 Å². The van der Waals surface area contributed by atoms with E-state index in [1.54, 1.807) is 0 Å². The number of nitriles is 1. The van der Waals surface area contributed by atoms with Crippen LogP contribution in [0.1, 0.15) is 48.8 Å². The van der Waals surface area contributed by atoms with Gasteiger partial charge in [-0.25, -0.2) is 4.98 Å². The highest BCUT2D eigenvalue weighted by molar-refractivity contribution is 5.67. The zero-order valence-corrected chi connectivity index (χ0v) is 27.0. The number of ether oxygens (including phenoxy) is 2. The average Bonchev–Trinajstić information content (AvgIpc) is 3.58. The molecule has 0 unspecified atom stereocenters. The van der Waals surface area contributed by atoms with Crippen molar-refractivity contribution in [3.8, 4) is 17.6 Å². The molecule has 1 heterocycles. The van der Waals surface area contributed by atoms with E-state index < -0.39 is 5.54 Å². The summed E-state index contributed by atoms with van der Waals surface area (Å²) in [5.41, 5.74) is 5.08. The van der Waals surface area contributed by atoms with Gasteiger partial charge < -0.3 is 18.9 Å². The highest BCUT2D eigenvalue weighted by Crippen LogP contribution is 2.43. The minimum Gasteiger partial charge on any atom is -0.490 e. The fourth-order valence-electron chi connectivity index (χ4n) is 6.19. The van der Waals surface area contributed by atoms with E-state index in [-0.39, 0.29) is 6.10 Å². The van der Waals surface area contributed by atoms with Crippen molar-refractivity contribution in [1.82, 2.24) is 9.55 Å². The summed E-state index contributed by atoms with van der Waals surface area (Å²) < 4.78 is 14.5. The Kier molecular flexibility index (Phi) is 9.36. The molecule has 6 heteroatoms. The van der Waals surface area contributed by atoms with Crippen molar-refractivity contribution in [3.05, 3.63) is 174 Å². The minimum absolute atomic E-state index is 0.00393. The van der Waals surface area contributed by atoms with Crippen molar-refractivity contribution in [2.75, 3.05) is 11.5 Å². The predicted octanol–water partition coefficient (Wildman–Crippen LogP) is 9.12. The predicted molar refractivity (Wildman–Crippen MR) is 187 cm³/mol. The molecule has 0 fully saturated rings. The first-order valence-corrected chi connectivity index (χ1v) is 15.9. The lowest BCUT2D eigenvalue weighted by molar-refractivity contribution is 0.224. The summed E-state index contributed by atoms with van der Waals surface area (Å²) in [6, 6.07) is 47.7. The number of rotatable bonds is 12. The van der Waals surface area contributed by atoms with Gasteiger partial charge in [0.05, 0.1) is 30.9 Å². The van der Waals surface area contributed by atoms with Crippen LogP contribution in [0.5, 0.6) is 11.5 Å². The molecule has 6 aromatic rings. The monoisotopic (exact) mass is 618 g/mol. The van der Waals surface area contributed by atoms with Crippen molar-refractivity contribution in [2.45, 2.75) is 39.0 Å². The second-order valence-electron chi connectivity index (χ2n) is 11.5. The molecule has 6 rings (SSSR count). The van der Waals surface area contributed by atoms with Crippen LogP contribution in [0.15, 0.2) is 146 Å². The summed E-state index contributed by atoms with van der Waals surface area (Å²) in [5.74, 6) is 2.22. The third kappa shape index (κ3) is 6.34. The third-order valence-electron chi connectivity index (χ3n) is 8.16.